The summed E-state index contributed by atoms with van der Waals surface area (Å²) in [5.74, 6) is 1.11. The standard InChI is InChI=1S/C13H25N3O3S2/c1-11-13(12(2)16(15-11)8-9-17)21(18,19)14-7-5-4-6-10-20-3/h14,17H,4-10H2,1-3H3. The zero-order chi connectivity index (χ0) is 15.9. The van der Waals surface area contributed by atoms with E-state index in [9.17, 15) is 8.42 Å². The molecule has 0 aliphatic carbocycles. The fourth-order valence-corrected chi connectivity index (χ4v) is 4.18. The largest absolute Gasteiger partial charge is 0.394 e. The van der Waals surface area contributed by atoms with E-state index in [0.717, 1.165) is 25.0 Å². The van der Waals surface area contributed by atoms with Crippen LogP contribution < -0.4 is 4.72 Å². The number of nitrogens with one attached hydrogen (secondary N) is 1. The Morgan fingerprint density at radius 3 is 2.62 bits per heavy atom. The Bertz CT molecular complexity index is 541. The summed E-state index contributed by atoms with van der Waals surface area (Å²) in [6.07, 6.45) is 5.03. The van der Waals surface area contributed by atoms with Gasteiger partial charge in [-0.25, -0.2) is 13.1 Å². The van der Waals surface area contributed by atoms with Crippen molar-refractivity contribution in [2.45, 2.75) is 44.6 Å². The maximum Gasteiger partial charge on any atom is 0.244 e. The Morgan fingerprint density at radius 2 is 2.00 bits per heavy atom. The number of hydrogen-bond acceptors (Lipinski definition) is 5. The molecule has 122 valence electrons. The first-order chi connectivity index (χ1) is 9.94. The molecule has 0 saturated carbocycles. The highest BCUT2D eigenvalue weighted by molar-refractivity contribution is 7.98. The zero-order valence-corrected chi connectivity index (χ0v) is 14.6. The average molecular weight is 335 g/mol. The van der Waals surface area contributed by atoms with Crippen LogP contribution in [-0.4, -0.2) is 48.5 Å². The summed E-state index contributed by atoms with van der Waals surface area (Å²) in [5.41, 5.74) is 1.03. The third kappa shape index (κ3) is 5.28. The first-order valence-electron chi connectivity index (χ1n) is 7.07. The van der Waals surface area contributed by atoms with E-state index in [1.165, 1.54) is 4.68 Å². The van der Waals surface area contributed by atoms with Crippen molar-refractivity contribution in [1.29, 1.82) is 0 Å². The molecule has 0 radical (unpaired) electrons. The number of thioether (sulfide) groups is 1. The van der Waals surface area contributed by atoms with E-state index in [-0.39, 0.29) is 11.5 Å². The number of aliphatic hydroxyl groups is 1. The van der Waals surface area contributed by atoms with Gasteiger partial charge >= 0.3 is 0 Å². The second-order valence-corrected chi connectivity index (χ2v) is 7.59. The van der Waals surface area contributed by atoms with Gasteiger partial charge in [0.15, 0.2) is 0 Å². The van der Waals surface area contributed by atoms with E-state index >= 15 is 0 Å². The first kappa shape index (κ1) is 18.5. The van der Waals surface area contributed by atoms with Crippen molar-refractivity contribution in [3.05, 3.63) is 11.4 Å². The predicted octanol–water partition coefficient (Wildman–Crippen LogP) is 1.30. The van der Waals surface area contributed by atoms with E-state index in [2.05, 4.69) is 16.1 Å². The summed E-state index contributed by atoms with van der Waals surface area (Å²) in [6, 6.07) is 0. The molecule has 6 nitrogen and oxygen atoms in total. The lowest BCUT2D eigenvalue weighted by molar-refractivity contribution is 0.267. The number of hydrogen-bond donors (Lipinski definition) is 2. The summed E-state index contributed by atoms with van der Waals surface area (Å²) in [4.78, 5) is 0.236. The predicted molar refractivity (Wildman–Crippen MR) is 86.2 cm³/mol. The van der Waals surface area contributed by atoms with Crippen molar-refractivity contribution in [1.82, 2.24) is 14.5 Å². The van der Waals surface area contributed by atoms with E-state index in [1.54, 1.807) is 25.6 Å². The van der Waals surface area contributed by atoms with Crippen molar-refractivity contribution in [2.24, 2.45) is 0 Å². The van der Waals surface area contributed by atoms with Gasteiger partial charge in [0.05, 0.1) is 24.5 Å². The van der Waals surface area contributed by atoms with E-state index in [4.69, 9.17) is 5.11 Å². The van der Waals surface area contributed by atoms with Crippen molar-refractivity contribution < 1.29 is 13.5 Å². The van der Waals surface area contributed by atoms with Crippen LogP contribution >= 0.6 is 11.8 Å². The van der Waals surface area contributed by atoms with Gasteiger partial charge < -0.3 is 5.11 Å². The molecule has 0 aliphatic heterocycles. The van der Waals surface area contributed by atoms with Crippen LogP contribution in [0.15, 0.2) is 4.90 Å². The van der Waals surface area contributed by atoms with Gasteiger partial charge in [-0.15, -0.1) is 0 Å². The van der Waals surface area contributed by atoms with Crippen LogP contribution in [0.4, 0.5) is 0 Å². The van der Waals surface area contributed by atoms with Gasteiger partial charge in [0.1, 0.15) is 4.90 Å². The molecule has 0 spiro atoms. The number of aliphatic hydroxyl groups excluding tert-OH is 1. The van der Waals surface area contributed by atoms with Gasteiger partial charge in [-0.3, -0.25) is 4.68 Å². The maximum absolute atomic E-state index is 12.3. The molecular weight excluding hydrogens is 310 g/mol. The number of aryl methyl sites for hydroxylation is 1. The van der Waals surface area contributed by atoms with Gasteiger partial charge in [0.2, 0.25) is 10.0 Å². The minimum atomic E-state index is -3.53. The Labute approximate surface area is 131 Å². The lowest BCUT2D eigenvalue weighted by Crippen LogP contribution is -2.26. The summed E-state index contributed by atoms with van der Waals surface area (Å²) >= 11 is 1.80. The van der Waals surface area contributed by atoms with E-state index in [1.807, 2.05) is 0 Å². The number of aromatic nitrogens is 2. The Balaban J connectivity index is 2.66. The van der Waals surface area contributed by atoms with Crippen molar-refractivity contribution >= 4 is 21.8 Å². The monoisotopic (exact) mass is 335 g/mol. The van der Waals surface area contributed by atoms with Gasteiger partial charge in [-0.05, 0) is 38.7 Å². The second-order valence-electron chi connectivity index (χ2n) is 4.90. The maximum atomic E-state index is 12.3. The average Bonchev–Trinajstić information content (AvgIpc) is 2.69. The smallest absolute Gasteiger partial charge is 0.244 e. The van der Waals surface area contributed by atoms with Crippen LogP contribution in [-0.2, 0) is 16.6 Å². The lowest BCUT2D eigenvalue weighted by atomic mass is 10.2. The number of rotatable bonds is 10. The van der Waals surface area contributed by atoms with Crippen molar-refractivity contribution in [3.63, 3.8) is 0 Å². The fourth-order valence-electron chi connectivity index (χ4n) is 2.21. The summed E-state index contributed by atoms with van der Waals surface area (Å²) < 4.78 is 28.9. The topological polar surface area (TPSA) is 84.2 Å². The Hall–Kier alpha value is -0.570. The van der Waals surface area contributed by atoms with Gasteiger partial charge in [0, 0.05) is 6.54 Å². The Kier molecular flexibility index (Phi) is 7.72. The molecule has 0 bridgehead atoms. The molecule has 21 heavy (non-hydrogen) atoms. The highest BCUT2D eigenvalue weighted by atomic mass is 32.2. The van der Waals surface area contributed by atoms with Crippen molar-refractivity contribution in [3.8, 4) is 0 Å². The molecule has 1 rings (SSSR count). The molecule has 0 atom stereocenters. The minimum absolute atomic E-state index is 0.0652. The molecule has 0 aromatic carbocycles. The van der Waals surface area contributed by atoms with Crippen LogP contribution in [0.1, 0.15) is 30.7 Å². The molecule has 1 aromatic rings. The molecule has 2 N–H and O–H groups in total. The molecule has 1 heterocycles. The zero-order valence-electron chi connectivity index (χ0n) is 12.9. The summed E-state index contributed by atoms with van der Waals surface area (Å²) in [7, 11) is -3.53. The molecule has 8 heteroatoms. The molecule has 0 fully saturated rings. The number of nitrogens with zero attached hydrogens (tertiary/aromatic N) is 2. The second kappa shape index (κ2) is 8.77. The lowest BCUT2D eigenvalue weighted by Gasteiger charge is -2.07. The molecule has 0 amide bonds. The Morgan fingerprint density at radius 1 is 1.29 bits per heavy atom. The first-order valence-corrected chi connectivity index (χ1v) is 9.95. The molecule has 0 unspecified atom stereocenters. The van der Waals surface area contributed by atoms with E-state index < -0.39 is 10.0 Å². The molecule has 0 saturated heterocycles. The van der Waals surface area contributed by atoms with E-state index in [0.29, 0.717) is 24.5 Å². The fraction of sp³-hybridized carbons (Fsp3) is 0.769. The van der Waals surface area contributed by atoms with Gasteiger partial charge in [-0.2, -0.15) is 16.9 Å². The SMILES string of the molecule is CSCCCCCNS(=O)(=O)c1c(C)nn(CCO)c1C. The van der Waals surface area contributed by atoms with Crippen LogP contribution in [0.5, 0.6) is 0 Å². The van der Waals surface area contributed by atoms with Crippen LogP contribution in [0.3, 0.4) is 0 Å². The summed E-state index contributed by atoms with van der Waals surface area (Å²) in [5, 5.41) is 13.1. The molecule has 0 aliphatic rings. The molecule has 1 aromatic heterocycles. The number of unbranched alkanes of at least 4 members (excludes halogenated alkanes) is 2. The van der Waals surface area contributed by atoms with Crippen LogP contribution in [0, 0.1) is 13.8 Å². The van der Waals surface area contributed by atoms with Crippen LogP contribution in [0.2, 0.25) is 0 Å². The van der Waals surface area contributed by atoms with Gasteiger partial charge in [0.25, 0.3) is 0 Å². The summed E-state index contributed by atoms with van der Waals surface area (Å²) in [6.45, 7) is 4.07. The highest BCUT2D eigenvalue weighted by Gasteiger charge is 2.23. The normalized spacial score (nSPS) is 12.0. The van der Waals surface area contributed by atoms with Crippen molar-refractivity contribution in [2.75, 3.05) is 25.2 Å². The number of sulfonamides is 1. The van der Waals surface area contributed by atoms with Crippen LogP contribution in [0.25, 0.3) is 0 Å². The molecular formula is C13H25N3O3S2. The highest BCUT2D eigenvalue weighted by Crippen LogP contribution is 2.19. The quantitative estimate of drug-likeness (QED) is 0.630. The van der Waals surface area contributed by atoms with Gasteiger partial charge in [-0.1, -0.05) is 6.42 Å². The minimum Gasteiger partial charge on any atom is -0.394 e. The third-order valence-electron chi connectivity index (χ3n) is 3.21. The third-order valence-corrected chi connectivity index (χ3v) is 5.62.